The molecule has 1 heterocycles. The Hall–Kier alpha value is -1.69. The van der Waals surface area contributed by atoms with Crippen molar-refractivity contribution in [3.8, 4) is 11.3 Å². The first-order chi connectivity index (χ1) is 10.7. The molecule has 124 valence electrons. The van der Waals surface area contributed by atoms with Gasteiger partial charge in [0, 0.05) is 18.3 Å². The van der Waals surface area contributed by atoms with Crippen LogP contribution >= 0.6 is 15.9 Å². The van der Waals surface area contributed by atoms with Gasteiger partial charge in [-0.3, -0.25) is 9.48 Å². The van der Waals surface area contributed by atoms with E-state index >= 15 is 0 Å². The van der Waals surface area contributed by atoms with Crippen LogP contribution in [0.2, 0.25) is 0 Å². The van der Waals surface area contributed by atoms with E-state index in [0.717, 1.165) is 0 Å². The molecule has 0 saturated heterocycles. The van der Waals surface area contributed by atoms with Crippen molar-refractivity contribution in [1.29, 1.82) is 0 Å². The lowest BCUT2D eigenvalue weighted by Gasteiger charge is -2.19. The van der Waals surface area contributed by atoms with E-state index in [1.807, 2.05) is 6.92 Å². The Morgan fingerprint density at radius 1 is 1.39 bits per heavy atom. The molecule has 0 bridgehead atoms. The fourth-order valence-electron chi connectivity index (χ4n) is 2.17. The van der Waals surface area contributed by atoms with Crippen LogP contribution in [-0.2, 0) is 22.5 Å². The predicted octanol–water partition coefficient (Wildman–Crippen LogP) is 4.36. The van der Waals surface area contributed by atoms with Crippen molar-refractivity contribution in [2.24, 2.45) is 0 Å². The molecule has 0 amide bonds. The summed E-state index contributed by atoms with van der Waals surface area (Å²) >= 11 is 3.40. The quantitative estimate of drug-likeness (QED) is 0.738. The molecular formula is C17H20BrFN2O2. The van der Waals surface area contributed by atoms with Crippen LogP contribution in [0.15, 0.2) is 28.9 Å². The van der Waals surface area contributed by atoms with Crippen LogP contribution in [0.1, 0.15) is 33.3 Å². The van der Waals surface area contributed by atoms with Crippen LogP contribution in [0.25, 0.3) is 11.3 Å². The van der Waals surface area contributed by atoms with Crippen LogP contribution in [0, 0.1) is 5.82 Å². The molecule has 0 aliphatic carbocycles. The van der Waals surface area contributed by atoms with Crippen LogP contribution in [0.4, 0.5) is 4.39 Å². The third kappa shape index (κ3) is 4.41. The number of halogens is 2. The Balaban J connectivity index is 2.31. The van der Waals surface area contributed by atoms with Crippen molar-refractivity contribution in [3.63, 3.8) is 0 Å². The molecule has 1 aromatic carbocycles. The van der Waals surface area contributed by atoms with Gasteiger partial charge in [0.25, 0.3) is 0 Å². The summed E-state index contributed by atoms with van der Waals surface area (Å²) < 4.78 is 22.5. The Bertz CT molecular complexity index is 720. The number of nitrogens with zero attached hydrogens (tertiary/aromatic N) is 2. The third-order valence-corrected chi connectivity index (χ3v) is 3.71. The number of ether oxygens (including phenoxy) is 1. The van der Waals surface area contributed by atoms with Gasteiger partial charge in [0.2, 0.25) is 0 Å². The Morgan fingerprint density at radius 3 is 2.65 bits per heavy atom. The third-order valence-electron chi connectivity index (χ3n) is 3.13. The standard InChI is InChI=1S/C17H20BrFN2O2/c1-5-21-10-13(18)16(20-21)12-8-6-7-11(15(12)19)9-14(22)23-17(2,3)4/h6-8,10H,5,9H2,1-4H3. The zero-order valence-electron chi connectivity index (χ0n) is 13.7. The summed E-state index contributed by atoms with van der Waals surface area (Å²) in [5, 5.41) is 4.35. The van der Waals surface area contributed by atoms with E-state index in [-0.39, 0.29) is 6.42 Å². The van der Waals surface area contributed by atoms with Gasteiger partial charge in [0.05, 0.1) is 10.9 Å². The molecule has 2 aromatic rings. The zero-order chi connectivity index (χ0) is 17.2. The summed E-state index contributed by atoms with van der Waals surface area (Å²) in [6, 6.07) is 4.96. The maximum absolute atomic E-state index is 14.8. The van der Waals surface area contributed by atoms with Crippen molar-refractivity contribution in [2.75, 3.05) is 0 Å². The molecule has 0 fully saturated rings. The Morgan fingerprint density at radius 2 is 2.09 bits per heavy atom. The molecule has 0 radical (unpaired) electrons. The van der Waals surface area contributed by atoms with Gasteiger partial charge < -0.3 is 4.74 Å². The second-order valence-corrected chi connectivity index (χ2v) is 7.08. The van der Waals surface area contributed by atoms with Gasteiger partial charge in [-0.1, -0.05) is 12.1 Å². The average molecular weight is 383 g/mol. The summed E-state index contributed by atoms with van der Waals surface area (Å²) in [7, 11) is 0. The summed E-state index contributed by atoms with van der Waals surface area (Å²) in [4.78, 5) is 11.9. The smallest absolute Gasteiger partial charge is 0.310 e. The van der Waals surface area contributed by atoms with Gasteiger partial charge in [-0.15, -0.1) is 0 Å². The van der Waals surface area contributed by atoms with Crippen molar-refractivity contribution < 1.29 is 13.9 Å². The van der Waals surface area contributed by atoms with E-state index in [2.05, 4.69) is 21.0 Å². The van der Waals surface area contributed by atoms with Crippen LogP contribution in [0.3, 0.4) is 0 Å². The van der Waals surface area contributed by atoms with Gasteiger partial charge in [0.15, 0.2) is 0 Å². The molecule has 6 heteroatoms. The summed E-state index contributed by atoms with van der Waals surface area (Å²) in [5.41, 5.74) is 0.601. The highest BCUT2D eigenvalue weighted by Crippen LogP contribution is 2.30. The molecule has 0 unspecified atom stereocenters. The molecule has 0 aliphatic rings. The van der Waals surface area contributed by atoms with Gasteiger partial charge in [-0.05, 0) is 55.3 Å². The van der Waals surface area contributed by atoms with Gasteiger partial charge in [-0.25, -0.2) is 4.39 Å². The normalized spacial score (nSPS) is 11.6. The van der Waals surface area contributed by atoms with E-state index < -0.39 is 17.4 Å². The fraction of sp³-hybridized carbons (Fsp3) is 0.412. The van der Waals surface area contributed by atoms with Crippen LogP contribution < -0.4 is 0 Å². The highest BCUT2D eigenvalue weighted by molar-refractivity contribution is 9.10. The lowest BCUT2D eigenvalue weighted by atomic mass is 10.0. The number of carbonyl (C=O) groups is 1. The number of hydrogen-bond donors (Lipinski definition) is 0. The molecule has 0 saturated carbocycles. The molecule has 0 N–H and O–H groups in total. The second-order valence-electron chi connectivity index (χ2n) is 6.22. The maximum atomic E-state index is 14.8. The number of aryl methyl sites for hydroxylation is 1. The van der Waals surface area contributed by atoms with Crippen LogP contribution in [0.5, 0.6) is 0 Å². The van der Waals surface area contributed by atoms with Crippen LogP contribution in [-0.4, -0.2) is 21.4 Å². The second kappa shape index (κ2) is 6.83. The summed E-state index contributed by atoms with van der Waals surface area (Å²) in [6.45, 7) is 8.00. The van der Waals surface area contributed by atoms with Crippen molar-refractivity contribution >= 4 is 21.9 Å². The first kappa shape index (κ1) is 17.7. The minimum Gasteiger partial charge on any atom is -0.460 e. The number of aromatic nitrogens is 2. The number of benzene rings is 1. The lowest BCUT2D eigenvalue weighted by Crippen LogP contribution is -2.25. The first-order valence-electron chi connectivity index (χ1n) is 7.44. The Labute approximate surface area is 143 Å². The van der Waals surface area contributed by atoms with E-state index in [4.69, 9.17) is 4.74 Å². The summed E-state index contributed by atoms with van der Waals surface area (Å²) in [5.74, 6) is -0.896. The molecule has 0 spiro atoms. The lowest BCUT2D eigenvalue weighted by molar-refractivity contribution is -0.153. The molecule has 0 atom stereocenters. The van der Waals surface area contributed by atoms with Gasteiger partial charge >= 0.3 is 5.97 Å². The monoisotopic (exact) mass is 382 g/mol. The largest absolute Gasteiger partial charge is 0.460 e. The van der Waals surface area contributed by atoms with E-state index in [9.17, 15) is 9.18 Å². The van der Waals surface area contributed by atoms with Gasteiger partial charge in [0.1, 0.15) is 17.1 Å². The highest BCUT2D eigenvalue weighted by atomic mass is 79.9. The van der Waals surface area contributed by atoms with E-state index in [1.54, 1.807) is 49.8 Å². The van der Waals surface area contributed by atoms with Crippen molar-refractivity contribution in [2.45, 2.75) is 46.3 Å². The molecular weight excluding hydrogens is 363 g/mol. The topological polar surface area (TPSA) is 44.1 Å². The van der Waals surface area contributed by atoms with Gasteiger partial charge in [-0.2, -0.15) is 5.10 Å². The summed E-state index contributed by atoms with van der Waals surface area (Å²) in [6.07, 6.45) is 1.69. The minimum absolute atomic E-state index is 0.108. The maximum Gasteiger partial charge on any atom is 0.310 e. The minimum atomic E-state index is -0.589. The number of esters is 1. The zero-order valence-corrected chi connectivity index (χ0v) is 15.3. The molecule has 1 aromatic heterocycles. The van der Waals surface area contributed by atoms with Crippen molar-refractivity contribution in [1.82, 2.24) is 9.78 Å². The molecule has 23 heavy (non-hydrogen) atoms. The number of hydrogen-bond acceptors (Lipinski definition) is 3. The Kier molecular flexibility index (Phi) is 5.24. The number of rotatable bonds is 4. The highest BCUT2D eigenvalue weighted by Gasteiger charge is 2.20. The van der Waals surface area contributed by atoms with E-state index in [1.165, 1.54) is 0 Å². The van der Waals surface area contributed by atoms with Crippen molar-refractivity contribution in [3.05, 3.63) is 40.2 Å². The van der Waals surface area contributed by atoms with E-state index in [0.29, 0.717) is 27.8 Å². The first-order valence-corrected chi connectivity index (χ1v) is 8.23. The number of carbonyl (C=O) groups excluding carboxylic acids is 1. The predicted molar refractivity (Wildman–Crippen MR) is 90.5 cm³/mol. The molecule has 2 rings (SSSR count). The molecule has 0 aliphatic heterocycles. The SMILES string of the molecule is CCn1cc(Br)c(-c2cccc(CC(=O)OC(C)(C)C)c2F)n1. The average Bonchev–Trinajstić information content (AvgIpc) is 2.80. The fourth-order valence-corrected chi connectivity index (χ4v) is 2.70. The molecule has 4 nitrogen and oxygen atoms in total.